The zero-order valence-electron chi connectivity index (χ0n) is 11.8. The van der Waals surface area contributed by atoms with Crippen LogP contribution in [0, 0.1) is 5.92 Å². The minimum atomic E-state index is 0.0369. The average Bonchev–Trinajstić information content (AvgIpc) is 2.53. The van der Waals surface area contributed by atoms with E-state index in [2.05, 4.69) is 30.3 Å². The number of rotatable bonds is 3. The predicted molar refractivity (Wildman–Crippen MR) is 81.0 cm³/mol. The fourth-order valence-electron chi connectivity index (χ4n) is 3.15. The molecule has 2 aromatic rings. The Balaban J connectivity index is 2.16. The fourth-order valence-corrected chi connectivity index (χ4v) is 3.15. The molecule has 0 aliphatic carbocycles. The number of ether oxygens (including phenoxy) is 2. The van der Waals surface area contributed by atoms with Gasteiger partial charge < -0.3 is 15.2 Å². The highest BCUT2D eigenvalue weighted by atomic mass is 16.5. The minimum Gasteiger partial charge on any atom is -0.496 e. The number of fused-ring (bicyclic) bond motifs is 1. The molecule has 3 nitrogen and oxygen atoms in total. The van der Waals surface area contributed by atoms with Crippen molar-refractivity contribution in [1.82, 2.24) is 0 Å². The van der Waals surface area contributed by atoms with Gasteiger partial charge in [-0.15, -0.1) is 0 Å². The van der Waals surface area contributed by atoms with Crippen molar-refractivity contribution in [3.05, 3.63) is 42.0 Å². The van der Waals surface area contributed by atoms with Gasteiger partial charge in [0.05, 0.1) is 13.2 Å². The van der Waals surface area contributed by atoms with Crippen molar-refractivity contribution in [3.8, 4) is 5.75 Å². The normalized spacial score (nSPS) is 22.9. The predicted octanol–water partition coefficient (Wildman–Crippen LogP) is 3.27. The smallest absolute Gasteiger partial charge is 0.125 e. The van der Waals surface area contributed by atoms with Crippen molar-refractivity contribution in [2.24, 2.45) is 11.7 Å². The summed E-state index contributed by atoms with van der Waals surface area (Å²) >= 11 is 0. The SMILES string of the molecule is COc1ccc2ccccc2c1C1OCCCC1CN. The van der Waals surface area contributed by atoms with Gasteiger partial charge in [-0.25, -0.2) is 0 Å². The summed E-state index contributed by atoms with van der Waals surface area (Å²) in [6.07, 6.45) is 2.24. The van der Waals surface area contributed by atoms with Crippen LogP contribution in [-0.4, -0.2) is 20.3 Å². The summed E-state index contributed by atoms with van der Waals surface area (Å²) in [5.74, 6) is 1.26. The monoisotopic (exact) mass is 271 g/mol. The zero-order chi connectivity index (χ0) is 13.9. The van der Waals surface area contributed by atoms with E-state index in [1.54, 1.807) is 7.11 Å². The zero-order valence-corrected chi connectivity index (χ0v) is 11.8. The van der Waals surface area contributed by atoms with Gasteiger partial charge in [0.15, 0.2) is 0 Å². The van der Waals surface area contributed by atoms with Crippen molar-refractivity contribution in [1.29, 1.82) is 0 Å². The highest BCUT2D eigenvalue weighted by molar-refractivity contribution is 5.88. The summed E-state index contributed by atoms with van der Waals surface area (Å²) in [6, 6.07) is 12.5. The number of methoxy groups -OCH3 is 1. The molecule has 0 aromatic heterocycles. The van der Waals surface area contributed by atoms with Gasteiger partial charge in [0.2, 0.25) is 0 Å². The van der Waals surface area contributed by atoms with E-state index in [9.17, 15) is 0 Å². The largest absolute Gasteiger partial charge is 0.496 e. The summed E-state index contributed by atoms with van der Waals surface area (Å²) in [4.78, 5) is 0. The second-order valence-corrected chi connectivity index (χ2v) is 5.33. The molecule has 3 heteroatoms. The molecule has 0 radical (unpaired) electrons. The molecule has 0 bridgehead atoms. The molecule has 1 heterocycles. The molecule has 2 unspecified atom stereocenters. The lowest BCUT2D eigenvalue weighted by Gasteiger charge is -2.32. The summed E-state index contributed by atoms with van der Waals surface area (Å²) in [5, 5.41) is 2.42. The summed E-state index contributed by atoms with van der Waals surface area (Å²) in [5.41, 5.74) is 7.10. The van der Waals surface area contributed by atoms with E-state index in [0.717, 1.165) is 30.8 Å². The van der Waals surface area contributed by atoms with E-state index in [-0.39, 0.29) is 6.10 Å². The van der Waals surface area contributed by atoms with Gasteiger partial charge in [-0.3, -0.25) is 0 Å². The molecule has 1 fully saturated rings. The van der Waals surface area contributed by atoms with Gasteiger partial charge in [0.25, 0.3) is 0 Å². The van der Waals surface area contributed by atoms with Gasteiger partial charge in [0, 0.05) is 18.1 Å². The second kappa shape index (κ2) is 5.81. The van der Waals surface area contributed by atoms with Crippen LogP contribution in [-0.2, 0) is 4.74 Å². The number of benzene rings is 2. The van der Waals surface area contributed by atoms with E-state index < -0.39 is 0 Å². The Labute approximate surface area is 119 Å². The van der Waals surface area contributed by atoms with Gasteiger partial charge >= 0.3 is 0 Å². The first-order valence-corrected chi connectivity index (χ1v) is 7.22. The average molecular weight is 271 g/mol. The molecule has 20 heavy (non-hydrogen) atoms. The maximum atomic E-state index is 6.06. The lowest BCUT2D eigenvalue weighted by Crippen LogP contribution is -2.29. The number of nitrogens with two attached hydrogens (primary N) is 1. The molecule has 1 saturated heterocycles. The second-order valence-electron chi connectivity index (χ2n) is 5.33. The van der Waals surface area contributed by atoms with E-state index >= 15 is 0 Å². The highest BCUT2D eigenvalue weighted by Crippen LogP contribution is 2.41. The Morgan fingerprint density at radius 1 is 1.25 bits per heavy atom. The highest BCUT2D eigenvalue weighted by Gasteiger charge is 2.30. The molecule has 106 valence electrons. The van der Waals surface area contributed by atoms with Crippen LogP contribution in [0.2, 0.25) is 0 Å². The third-order valence-corrected chi connectivity index (χ3v) is 4.18. The maximum Gasteiger partial charge on any atom is 0.125 e. The van der Waals surface area contributed by atoms with Crippen molar-refractivity contribution in [2.45, 2.75) is 18.9 Å². The molecule has 2 N–H and O–H groups in total. The van der Waals surface area contributed by atoms with Crippen LogP contribution in [0.1, 0.15) is 24.5 Å². The van der Waals surface area contributed by atoms with E-state index in [4.69, 9.17) is 15.2 Å². The molecular formula is C17H21NO2. The van der Waals surface area contributed by atoms with Crippen molar-refractivity contribution >= 4 is 10.8 Å². The Morgan fingerprint density at radius 2 is 2.10 bits per heavy atom. The standard InChI is InChI=1S/C17H21NO2/c1-19-15-9-8-12-5-2-3-7-14(12)16(15)17-13(11-18)6-4-10-20-17/h2-3,5,7-9,13,17H,4,6,10-11,18H2,1H3. The Morgan fingerprint density at radius 3 is 2.90 bits per heavy atom. The Bertz CT molecular complexity index is 597. The molecule has 0 amide bonds. The van der Waals surface area contributed by atoms with Crippen LogP contribution in [0.3, 0.4) is 0 Å². The first-order valence-electron chi connectivity index (χ1n) is 7.22. The summed E-state index contributed by atoms with van der Waals surface area (Å²) in [7, 11) is 1.72. The van der Waals surface area contributed by atoms with E-state index in [0.29, 0.717) is 12.5 Å². The Hall–Kier alpha value is -1.58. The van der Waals surface area contributed by atoms with Crippen LogP contribution in [0.15, 0.2) is 36.4 Å². The molecule has 2 atom stereocenters. The maximum absolute atomic E-state index is 6.06. The number of hydrogen-bond acceptors (Lipinski definition) is 3. The van der Waals surface area contributed by atoms with Crippen LogP contribution < -0.4 is 10.5 Å². The molecule has 0 spiro atoms. The summed E-state index contributed by atoms with van der Waals surface area (Å²) in [6.45, 7) is 1.45. The van der Waals surface area contributed by atoms with E-state index in [1.165, 1.54) is 10.8 Å². The van der Waals surface area contributed by atoms with Crippen LogP contribution >= 0.6 is 0 Å². The molecule has 2 aromatic carbocycles. The number of hydrogen-bond donors (Lipinski definition) is 1. The first-order chi connectivity index (χ1) is 9.85. The van der Waals surface area contributed by atoms with Crippen LogP contribution in [0.4, 0.5) is 0 Å². The van der Waals surface area contributed by atoms with E-state index in [1.807, 2.05) is 6.07 Å². The van der Waals surface area contributed by atoms with Crippen LogP contribution in [0.25, 0.3) is 10.8 Å². The van der Waals surface area contributed by atoms with Crippen molar-refractivity contribution < 1.29 is 9.47 Å². The lowest BCUT2D eigenvalue weighted by atomic mass is 9.86. The third kappa shape index (κ3) is 2.28. The molecule has 1 aliphatic rings. The molecule has 1 aliphatic heterocycles. The van der Waals surface area contributed by atoms with Crippen molar-refractivity contribution in [3.63, 3.8) is 0 Å². The fraction of sp³-hybridized carbons (Fsp3) is 0.412. The third-order valence-electron chi connectivity index (χ3n) is 4.18. The quantitative estimate of drug-likeness (QED) is 0.931. The van der Waals surface area contributed by atoms with Gasteiger partial charge in [0.1, 0.15) is 5.75 Å². The first kappa shape index (κ1) is 13.4. The molecular weight excluding hydrogens is 250 g/mol. The van der Waals surface area contributed by atoms with Gasteiger partial charge in [-0.1, -0.05) is 30.3 Å². The Kier molecular flexibility index (Phi) is 3.90. The lowest BCUT2D eigenvalue weighted by molar-refractivity contribution is -0.0254. The molecule has 0 saturated carbocycles. The topological polar surface area (TPSA) is 44.5 Å². The van der Waals surface area contributed by atoms with Crippen LogP contribution in [0.5, 0.6) is 5.75 Å². The summed E-state index contributed by atoms with van der Waals surface area (Å²) < 4.78 is 11.6. The molecule has 3 rings (SSSR count). The van der Waals surface area contributed by atoms with Gasteiger partial charge in [-0.05, 0) is 36.2 Å². The minimum absolute atomic E-state index is 0.0369. The van der Waals surface area contributed by atoms with Gasteiger partial charge in [-0.2, -0.15) is 0 Å². The van der Waals surface area contributed by atoms with Crippen molar-refractivity contribution in [2.75, 3.05) is 20.3 Å².